The number of rotatable bonds is 8. The number of halogens is 3. The van der Waals surface area contributed by atoms with Gasteiger partial charge in [-0.15, -0.1) is 0 Å². The fraction of sp³-hybridized carbons (Fsp3) is 0.500. The summed E-state index contributed by atoms with van der Waals surface area (Å²) in [4.78, 5) is 54.4. The molecule has 1 saturated carbocycles. The van der Waals surface area contributed by atoms with E-state index in [0.717, 1.165) is 74.4 Å². The van der Waals surface area contributed by atoms with E-state index in [0.29, 0.717) is 65.0 Å². The van der Waals surface area contributed by atoms with Crippen LogP contribution in [0.15, 0.2) is 47.4 Å². The van der Waals surface area contributed by atoms with Crippen LogP contribution in [0.5, 0.6) is 5.75 Å². The number of imide groups is 1. The van der Waals surface area contributed by atoms with Gasteiger partial charge in [-0.25, -0.2) is 13.8 Å². The Bertz CT molecular complexity index is 2660. The van der Waals surface area contributed by atoms with Crippen molar-refractivity contribution in [1.82, 2.24) is 34.5 Å². The van der Waals surface area contributed by atoms with E-state index in [2.05, 4.69) is 48.6 Å². The predicted molar refractivity (Wildman–Crippen MR) is 234 cm³/mol. The number of piperidine rings is 2. The Balaban J connectivity index is 0.791. The van der Waals surface area contributed by atoms with Crippen molar-refractivity contribution in [2.75, 3.05) is 66.3 Å². The predicted octanol–water partition coefficient (Wildman–Crippen LogP) is 5.78. The molecule has 2 amide bonds. The summed E-state index contributed by atoms with van der Waals surface area (Å²) in [6.07, 6.45) is 5.89. The molecule has 15 nitrogen and oxygen atoms in total. The molecular formula is C44H50ClF2N11O4. The van der Waals surface area contributed by atoms with Gasteiger partial charge in [-0.3, -0.25) is 29.3 Å². The highest BCUT2D eigenvalue weighted by molar-refractivity contribution is 6.33. The largest absolute Gasteiger partial charge is 0.480 e. The molecule has 4 fully saturated rings. The maximum Gasteiger partial charge on any atom is 0.301 e. The molecule has 3 N–H and O–H groups in total. The maximum absolute atomic E-state index is 15.2. The van der Waals surface area contributed by atoms with Crippen LogP contribution >= 0.6 is 11.6 Å². The second-order valence-electron chi connectivity index (χ2n) is 17.7. The van der Waals surface area contributed by atoms with Crippen molar-refractivity contribution in [3.63, 3.8) is 0 Å². The molecule has 18 heteroatoms. The molecule has 3 atom stereocenters. The fourth-order valence-electron chi connectivity index (χ4n) is 9.97. The number of ether oxygens (including phenoxy) is 1. The molecule has 3 unspecified atom stereocenters. The molecule has 0 radical (unpaired) electrons. The number of carbonyl (C=O) groups excluding carboxylic acids is 2. The summed E-state index contributed by atoms with van der Waals surface area (Å²) in [7, 11) is 3.53. The van der Waals surface area contributed by atoms with Crippen molar-refractivity contribution in [1.29, 1.82) is 0 Å². The number of nitrogens with zero attached hydrogens (tertiary/aromatic N) is 8. The number of benzene rings is 2. The number of pyridine rings is 1. The van der Waals surface area contributed by atoms with Crippen molar-refractivity contribution in [2.45, 2.75) is 69.4 Å². The average Bonchev–Trinajstić information content (AvgIpc) is 4.06. The Labute approximate surface area is 361 Å². The highest BCUT2D eigenvalue weighted by Crippen LogP contribution is 2.46. The highest BCUT2D eigenvalue weighted by atomic mass is 35.5. The summed E-state index contributed by atoms with van der Waals surface area (Å²) in [6.45, 7) is 6.58. The van der Waals surface area contributed by atoms with Crippen LogP contribution in [0.3, 0.4) is 0 Å². The number of fused-ring (bicyclic) bond motifs is 4. The average molecular weight is 870 g/mol. The Morgan fingerprint density at radius 1 is 0.984 bits per heavy atom. The minimum atomic E-state index is -3.13. The van der Waals surface area contributed by atoms with E-state index in [1.165, 1.54) is 4.57 Å². The van der Waals surface area contributed by atoms with Crippen LogP contribution in [-0.2, 0) is 23.7 Å². The molecule has 0 spiro atoms. The number of hydrogen-bond donors (Lipinski definition) is 3. The smallest absolute Gasteiger partial charge is 0.301 e. The van der Waals surface area contributed by atoms with E-state index in [1.807, 2.05) is 23.9 Å². The maximum atomic E-state index is 15.2. The topological polar surface area (TPSA) is 155 Å². The zero-order valence-electron chi connectivity index (χ0n) is 35.0. The zero-order chi connectivity index (χ0) is 43.0. The summed E-state index contributed by atoms with van der Waals surface area (Å²) in [5.74, 6) is -2.85. The molecule has 3 saturated heterocycles. The van der Waals surface area contributed by atoms with Crippen LogP contribution in [0.1, 0.15) is 57.1 Å². The first-order chi connectivity index (χ1) is 29.8. The Morgan fingerprint density at radius 2 is 1.79 bits per heavy atom. The van der Waals surface area contributed by atoms with Gasteiger partial charge >= 0.3 is 5.92 Å². The first-order valence-electron chi connectivity index (χ1n) is 21.6. The van der Waals surface area contributed by atoms with E-state index in [4.69, 9.17) is 26.4 Å². The van der Waals surface area contributed by atoms with Crippen LogP contribution in [0.25, 0.3) is 21.8 Å². The molecule has 0 bridgehead atoms. The fourth-order valence-corrected chi connectivity index (χ4v) is 10.1. The summed E-state index contributed by atoms with van der Waals surface area (Å²) in [5, 5.41) is 15.5. The summed E-state index contributed by atoms with van der Waals surface area (Å²) >= 11 is 6.66. The van der Waals surface area contributed by atoms with Gasteiger partial charge < -0.3 is 29.7 Å². The number of alkyl halides is 2. The summed E-state index contributed by atoms with van der Waals surface area (Å²) in [5.41, 5.74) is 3.86. The van der Waals surface area contributed by atoms with E-state index in [1.54, 1.807) is 31.4 Å². The van der Waals surface area contributed by atoms with Crippen molar-refractivity contribution in [3.8, 4) is 5.75 Å². The monoisotopic (exact) mass is 869 g/mol. The third-order valence-electron chi connectivity index (χ3n) is 13.5. The lowest BCUT2D eigenvalue weighted by Gasteiger charge is -2.43. The molecule has 5 aromatic rings. The number of nitrogens with one attached hydrogen (secondary N) is 3. The van der Waals surface area contributed by atoms with Crippen molar-refractivity contribution >= 4 is 74.0 Å². The normalized spacial score (nSPS) is 23.5. The number of carbonyl (C=O) groups is 2. The van der Waals surface area contributed by atoms with Crippen LogP contribution in [0.2, 0.25) is 5.02 Å². The number of anilines is 5. The Kier molecular flexibility index (Phi) is 10.2. The number of piperazine rings is 1. The lowest BCUT2D eigenvalue weighted by Crippen LogP contribution is -2.54. The van der Waals surface area contributed by atoms with E-state index >= 15 is 8.78 Å². The second kappa shape index (κ2) is 15.7. The van der Waals surface area contributed by atoms with Gasteiger partial charge in [0.25, 0.3) is 5.56 Å². The SMILES string of the molecule is CC1CN(c2ncc(Cl)c(Nc3ccc4c(c3)c3c(c(=O)n4C)OCC(F)(F)C(C4CC4)N3)n2)CCN1CC1CCN(c2cccc3c(C4CCC(=O)NC4=O)nn(C)c23)CC1. The number of amides is 2. The van der Waals surface area contributed by atoms with Crippen molar-refractivity contribution < 1.29 is 23.1 Å². The molecule has 10 rings (SSSR count). The Hall–Kier alpha value is -5.55. The second-order valence-corrected chi connectivity index (χ2v) is 18.1. The van der Waals surface area contributed by atoms with Crippen molar-refractivity contribution in [2.24, 2.45) is 25.9 Å². The first kappa shape index (κ1) is 40.5. The van der Waals surface area contributed by atoms with Gasteiger partial charge in [-0.05, 0) is 75.1 Å². The van der Waals surface area contributed by atoms with Gasteiger partial charge in [0.2, 0.25) is 23.5 Å². The van der Waals surface area contributed by atoms with Crippen LogP contribution in [-0.4, -0.2) is 105 Å². The molecule has 5 aliphatic rings. The third-order valence-corrected chi connectivity index (χ3v) is 13.8. The lowest BCUT2D eigenvalue weighted by molar-refractivity contribution is -0.134. The summed E-state index contributed by atoms with van der Waals surface area (Å²) < 4.78 is 39.2. The standard InChI is InChI=1S/C44H50ClF2N11O4/c1-24-21-58(18-17-57(24)22-25-13-15-56(16-14-25)33-6-4-5-28-35(53-55(3)37(28)33)29-10-12-34(59)50-41(29)60)43-48-20-31(45)40(52-43)49-27-9-11-32-30(19-27)36-38(42(61)54(32)2)62-23-44(46,47)39(51-36)26-7-8-26/h4-6,9,11,19-20,24-26,29,39,51H,7-8,10,12-18,21-23H2,1-3H3,(H,48,49,52)(H,50,59,60). The molecule has 326 valence electrons. The molecule has 4 aliphatic heterocycles. The van der Waals surface area contributed by atoms with Crippen LogP contribution in [0, 0.1) is 11.8 Å². The van der Waals surface area contributed by atoms with Gasteiger partial charge in [0.05, 0.1) is 46.3 Å². The minimum absolute atomic E-state index is 0.108. The molecule has 1 aliphatic carbocycles. The van der Waals surface area contributed by atoms with E-state index in [9.17, 15) is 14.4 Å². The first-order valence-corrected chi connectivity index (χ1v) is 22.0. The van der Waals surface area contributed by atoms with E-state index < -0.39 is 30.0 Å². The van der Waals surface area contributed by atoms with Gasteiger partial charge in [-0.1, -0.05) is 23.7 Å². The zero-order valence-corrected chi connectivity index (χ0v) is 35.7. The molecule has 62 heavy (non-hydrogen) atoms. The van der Waals surface area contributed by atoms with Gasteiger partial charge in [0.15, 0.2) is 12.4 Å². The quantitative estimate of drug-likeness (QED) is 0.162. The number of aryl methyl sites for hydroxylation is 2. The number of hydrogen-bond acceptors (Lipinski definition) is 12. The number of para-hydroxylation sites is 1. The van der Waals surface area contributed by atoms with Crippen LogP contribution < -0.4 is 36.0 Å². The number of aromatic nitrogens is 5. The van der Waals surface area contributed by atoms with Gasteiger partial charge in [-0.2, -0.15) is 10.1 Å². The molecular weight excluding hydrogens is 820 g/mol. The third kappa shape index (κ3) is 7.35. The van der Waals surface area contributed by atoms with Gasteiger partial charge in [0, 0.05) is 82.3 Å². The molecule has 7 heterocycles. The van der Waals surface area contributed by atoms with Gasteiger partial charge in [0.1, 0.15) is 5.02 Å². The van der Waals surface area contributed by atoms with E-state index in [-0.39, 0.29) is 35.2 Å². The van der Waals surface area contributed by atoms with Crippen molar-refractivity contribution in [3.05, 3.63) is 63.7 Å². The Morgan fingerprint density at radius 3 is 2.55 bits per heavy atom. The molecule has 2 aromatic carbocycles. The lowest BCUT2D eigenvalue weighted by atomic mass is 9.92. The van der Waals surface area contributed by atoms with Crippen LogP contribution in [0.4, 0.5) is 37.6 Å². The highest BCUT2D eigenvalue weighted by Gasteiger charge is 2.51. The minimum Gasteiger partial charge on any atom is -0.480 e. The summed E-state index contributed by atoms with van der Waals surface area (Å²) in [6, 6.07) is 10.7. The molecule has 3 aromatic heterocycles.